The first-order chi connectivity index (χ1) is 13.2. The van der Waals surface area contributed by atoms with E-state index in [0.717, 1.165) is 11.6 Å². The molecule has 0 aromatic heterocycles. The fraction of sp³-hybridized carbons (Fsp3) is 0.222. The van der Waals surface area contributed by atoms with Crippen molar-refractivity contribution in [2.75, 3.05) is 18.5 Å². The molecule has 0 saturated heterocycles. The molecule has 28 heavy (non-hydrogen) atoms. The van der Waals surface area contributed by atoms with Crippen LogP contribution in [0.2, 0.25) is 0 Å². The highest BCUT2D eigenvalue weighted by Gasteiger charge is 2.17. The SMILES string of the molecule is Cc1ccccc1NC(=O)COC(=O)CCNS(=O)(=O)c1ccc(F)c(F)c1. The number of hydrogen-bond donors (Lipinski definition) is 2. The fourth-order valence-corrected chi connectivity index (χ4v) is 3.18. The number of ether oxygens (including phenoxy) is 1. The topological polar surface area (TPSA) is 102 Å². The highest BCUT2D eigenvalue weighted by Crippen LogP contribution is 2.14. The summed E-state index contributed by atoms with van der Waals surface area (Å²) in [5.41, 5.74) is 1.43. The number of sulfonamides is 1. The Balaban J connectivity index is 1.77. The Kier molecular flexibility index (Phi) is 7.18. The van der Waals surface area contributed by atoms with Crippen LogP contribution in [0.1, 0.15) is 12.0 Å². The lowest BCUT2D eigenvalue weighted by atomic mass is 10.2. The number of halogens is 2. The second-order valence-corrected chi connectivity index (χ2v) is 7.51. The third-order valence-corrected chi connectivity index (χ3v) is 5.06. The molecule has 0 aliphatic rings. The molecule has 1 amide bonds. The summed E-state index contributed by atoms with van der Waals surface area (Å²) in [6.45, 7) is 0.948. The van der Waals surface area contributed by atoms with Crippen LogP contribution < -0.4 is 10.0 Å². The van der Waals surface area contributed by atoms with Gasteiger partial charge in [0.05, 0.1) is 11.3 Å². The van der Waals surface area contributed by atoms with E-state index >= 15 is 0 Å². The predicted octanol–water partition coefficient (Wildman–Crippen LogP) is 2.12. The molecule has 2 aromatic carbocycles. The summed E-state index contributed by atoms with van der Waals surface area (Å²) in [6, 6.07) is 9.18. The molecule has 0 atom stereocenters. The van der Waals surface area contributed by atoms with Crippen molar-refractivity contribution >= 4 is 27.6 Å². The standard InChI is InChI=1S/C18H18F2N2O5S/c1-12-4-2-3-5-16(12)22-17(23)11-27-18(24)8-9-21-28(25,26)13-6-7-14(19)15(20)10-13/h2-7,10,21H,8-9,11H2,1H3,(H,22,23). The average Bonchev–Trinajstić information content (AvgIpc) is 2.64. The summed E-state index contributed by atoms with van der Waals surface area (Å²) >= 11 is 0. The van der Waals surface area contributed by atoms with Crippen LogP contribution in [0.5, 0.6) is 0 Å². The van der Waals surface area contributed by atoms with Crippen molar-refractivity contribution in [3.05, 3.63) is 59.7 Å². The van der Waals surface area contributed by atoms with E-state index in [4.69, 9.17) is 4.74 Å². The maximum Gasteiger partial charge on any atom is 0.307 e. The first-order valence-corrected chi connectivity index (χ1v) is 9.63. The van der Waals surface area contributed by atoms with Gasteiger partial charge in [-0.1, -0.05) is 18.2 Å². The number of hydrogen-bond acceptors (Lipinski definition) is 5. The zero-order valence-electron chi connectivity index (χ0n) is 14.9. The molecule has 0 aliphatic carbocycles. The maximum atomic E-state index is 13.1. The highest BCUT2D eigenvalue weighted by molar-refractivity contribution is 7.89. The molecular formula is C18H18F2N2O5S. The van der Waals surface area contributed by atoms with Crippen LogP contribution in [0, 0.1) is 18.6 Å². The lowest BCUT2D eigenvalue weighted by molar-refractivity contribution is -0.147. The molecular weight excluding hydrogens is 394 g/mol. The molecule has 0 unspecified atom stereocenters. The lowest BCUT2D eigenvalue weighted by Gasteiger charge is -2.09. The minimum absolute atomic E-state index is 0.334. The molecule has 2 N–H and O–H groups in total. The van der Waals surface area contributed by atoms with Gasteiger partial charge in [-0.3, -0.25) is 9.59 Å². The van der Waals surface area contributed by atoms with Crippen LogP contribution in [0.4, 0.5) is 14.5 Å². The Morgan fingerprint density at radius 2 is 1.79 bits per heavy atom. The average molecular weight is 412 g/mol. The van der Waals surface area contributed by atoms with E-state index in [1.807, 2.05) is 6.07 Å². The quantitative estimate of drug-likeness (QED) is 0.647. The zero-order chi connectivity index (χ0) is 20.7. The molecule has 0 saturated carbocycles. The van der Waals surface area contributed by atoms with Crippen molar-refractivity contribution in [2.24, 2.45) is 0 Å². The fourth-order valence-electron chi connectivity index (χ4n) is 2.13. The predicted molar refractivity (Wildman–Crippen MR) is 96.9 cm³/mol. The Morgan fingerprint density at radius 3 is 2.46 bits per heavy atom. The minimum atomic E-state index is -4.12. The van der Waals surface area contributed by atoms with E-state index in [-0.39, 0.29) is 13.0 Å². The van der Waals surface area contributed by atoms with Gasteiger partial charge in [0, 0.05) is 12.2 Å². The monoisotopic (exact) mass is 412 g/mol. The van der Waals surface area contributed by atoms with Crippen LogP contribution in [0.3, 0.4) is 0 Å². The van der Waals surface area contributed by atoms with Gasteiger partial charge in [-0.25, -0.2) is 21.9 Å². The van der Waals surface area contributed by atoms with Crippen molar-refractivity contribution in [1.82, 2.24) is 4.72 Å². The van der Waals surface area contributed by atoms with Crippen molar-refractivity contribution in [3.8, 4) is 0 Å². The normalized spacial score (nSPS) is 11.1. The number of carbonyl (C=O) groups is 2. The molecule has 0 aliphatic heterocycles. The molecule has 10 heteroatoms. The first-order valence-electron chi connectivity index (χ1n) is 8.15. The largest absolute Gasteiger partial charge is 0.456 e. The Morgan fingerprint density at radius 1 is 1.07 bits per heavy atom. The Labute approximate surface area is 160 Å². The van der Waals surface area contributed by atoms with Crippen LogP contribution in [-0.2, 0) is 24.3 Å². The smallest absolute Gasteiger partial charge is 0.307 e. The number of anilines is 1. The van der Waals surface area contributed by atoms with E-state index in [1.54, 1.807) is 25.1 Å². The summed E-state index contributed by atoms with van der Waals surface area (Å²) in [5.74, 6) is -3.81. The Hall–Kier alpha value is -2.85. The van der Waals surface area contributed by atoms with E-state index < -0.39 is 45.0 Å². The Bertz CT molecular complexity index is 980. The van der Waals surface area contributed by atoms with Gasteiger partial charge in [-0.15, -0.1) is 0 Å². The van der Waals surface area contributed by atoms with Crippen LogP contribution >= 0.6 is 0 Å². The van der Waals surface area contributed by atoms with Gasteiger partial charge in [-0.05, 0) is 36.8 Å². The number of para-hydroxylation sites is 1. The van der Waals surface area contributed by atoms with Gasteiger partial charge in [0.15, 0.2) is 18.2 Å². The molecule has 0 spiro atoms. The van der Waals surface area contributed by atoms with Crippen molar-refractivity contribution in [1.29, 1.82) is 0 Å². The van der Waals surface area contributed by atoms with Crippen LogP contribution in [0.15, 0.2) is 47.4 Å². The van der Waals surface area contributed by atoms with E-state index in [0.29, 0.717) is 17.8 Å². The second kappa shape index (κ2) is 9.38. The zero-order valence-corrected chi connectivity index (χ0v) is 15.7. The van der Waals surface area contributed by atoms with Gasteiger partial charge >= 0.3 is 5.97 Å². The summed E-state index contributed by atoms with van der Waals surface area (Å²) in [5, 5.41) is 2.58. The number of rotatable bonds is 8. The van der Waals surface area contributed by atoms with E-state index in [9.17, 15) is 26.8 Å². The molecule has 2 rings (SSSR count). The second-order valence-electron chi connectivity index (χ2n) is 5.75. The van der Waals surface area contributed by atoms with Crippen molar-refractivity contribution in [3.63, 3.8) is 0 Å². The van der Waals surface area contributed by atoms with Crippen LogP contribution in [0.25, 0.3) is 0 Å². The number of amides is 1. The van der Waals surface area contributed by atoms with E-state index in [1.165, 1.54) is 0 Å². The van der Waals surface area contributed by atoms with Gasteiger partial charge in [-0.2, -0.15) is 0 Å². The molecule has 150 valence electrons. The number of aryl methyl sites for hydroxylation is 1. The first kappa shape index (κ1) is 21.5. The number of nitrogens with one attached hydrogen (secondary N) is 2. The molecule has 0 radical (unpaired) electrons. The molecule has 2 aromatic rings. The van der Waals surface area contributed by atoms with Gasteiger partial charge in [0.1, 0.15) is 0 Å². The molecule has 0 fully saturated rings. The number of carbonyl (C=O) groups excluding carboxylic acids is 2. The summed E-state index contributed by atoms with van der Waals surface area (Å²) in [7, 11) is -4.12. The van der Waals surface area contributed by atoms with Crippen molar-refractivity contribution in [2.45, 2.75) is 18.2 Å². The summed E-state index contributed by atoms with van der Waals surface area (Å²) in [4.78, 5) is 22.9. The summed E-state index contributed by atoms with van der Waals surface area (Å²) in [6.07, 6.45) is -0.347. The van der Waals surface area contributed by atoms with E-state index in [2.05, 4.69) is 10.0 Å². The van der Waals surface area contributed by atoms with Gasteiger partial charge in [0.25, 0.3) is 5.91 Å². The van der Waals surface area contributed by atoms with Crippen LogP contribution in [-0.4, -0.2) is 33.4 Å². The number of esters is 1. The minimum Gasteiger partial charge on any atom is -0.456 e. The number of benzene rings is 2. The van der Waals surface area contributed by atoms with Gasteiger partial charge < -0.3 is 10.1 Å². The maximum absolute atomic E-state index is 13.1. The molecule has 0 heterocycles. The third-order valence-electron chi connectivity index (χ3n) is 3.61. The molecule has 0 bridgehead atoms. The summed E-state index contributed by atoms with van der Waals surface area (Å²) < 4.78 is 56.8. The van der Waals surface area contributed by atoms with Gasteiger partial charge in [0.2, 0.25) is 10.0 Å². The molecule has 7 nitrogen and oxygen atoms in total. The lowest BCUT2D eigenvalue weighted by Crippen LogP contribution is -2.28. The third kappa shape index (κ3) is 6.10. The van der Waals surface area contributed by atoms with Crippen molar-refractivity contribution < 1.29 is 31.5 Å². The highest BCUT2D eigenvalue weighted by atomic mass is 32.2.